The molecule has 4 rings (SSSR count). The number of ether oxygens (including phenoxy) is 1. The average Bonchev–Trinajstić information content (AvgIpc) is 3.24. The molecule has 0 aromatic heterocycles. The maximum absolute atomic E-state index is 12.7. The number of nitrogens with one attached hydrogen (secondary N) is 1. The van der Waals surface area contributed by atoms with Crippen molar-refractivity contribution in [2.24, 2.45) is 0 Å². The minimum Gasteiger partial charge on any atom is -0.496 e. The van der Waals surface area contributed by atoms with Crippen LogP contribution in [-0.4, -0.2) is 42.5 Å². The second-order valence-corrected chi connectivity index (χ2v) is 7.89. The van der Waals surface area contributed by atoms with Crippen molar-refractivity contribution in [1.29, 1.82) is 0 Å². The summed E-state index contributed by atoms with van der Waals surface area (Å²) in [7, 11) is 1.63. The molecule has 1 fully saturated rings. The van der Waals surface area contributed by atoms with Crippen LogP contribution in [0.5, 0.6) is 5.75 Å². The van der Waals surface area contributed by atoms with Gasteiger partial charge in [0.1, 0.15) is 5.75 Å². The average molecular weight is 378 g/mol. The highest BCUT2D eigenvalue weighted by Crippen LogP contribution is 2.29. The van der Waals surface area contributed by atoms with Crippen molar-refractivity contribution in [2.45, 2.75) is 45.2 Å². The number of fused-ring (bicyclic) bond motifs is 1. The van der Waals surface area contributed by atoms with E-state index in [-0.39, 0.29) is 23.9 Å². The monoisotopic (exact) mass is 378 g/mol. The van der Waals surface area contributed by atoms with Crippen molar-refractivity contribution in [3.05, 3.63) is 64.2 Å². The zero-order chi connectivity index (χ0) is 19.8. The van der Waals surface area contributed by atoms with Gasteiger partial charge in [-0.05, 0) is 61.1 Å². The third kappa shape index (κ3) is 3.37. The van der Waals surface area contributed by atoms with Crippen molar-refractivity contribution in [1.82, 2.24) is 10.2 Å². The Balaban J connectivity index is 1.42. The minimum absolute atomic E-state index is 0.130. The van der Waals surface area contributed by atoms with E-state index in [1.807, 2.05) is 30.9 Å². The van der Waals surface area contributed by atoms with E-state index in [9.17, 15) is 9.59 Å². The number of benzene rings is 2. The Hall–Kier alpha value is -2.82. The molecule has 0 saturated carbocycles. The summed E-state index contributed by atoms with van der Waals surface area (Å²) in [5, 5.41) is 3.05. The molecule has 5 nitrogen and oxygen atoms in total. The summed E-state index contributed by atoms with van der Waals surface area (Å²) in [5.74, 6) is 0.799. The lowest BCUT2D eigenvalue weighted by atomic mass is 10.0. The molecule has 2 aliphatic rings. The van der Waals surface area contributed by atoms with Crippen molar-refractivity contribution in [3.63, 3.8) is 0 Å². The Labute approximate surface area is 165 Å². The van der Waals surface area contributed by atoms with Crippen molar-refractivity contribution < 1.29 is 14.3 Å². The van der Waals surface area contributed by atoms with Crippen LogP contribution in [0.15, 0.2) is 36.4 Å². The van der Waals surface area contributed by atoms with Crippen molar-refractivity contribution in [3.8, 4) is 5.75 Å². The van der Waals surface area contributed by atoms with E-state index in [2.05, 4.69) is 29.6 Å². The van der Waals surface area contributed by atoms with Crippen LogP contribution in [0.4, 0.5) is 0 Å². The Kier molecular flexibility index (Phi) is 4.84. The molecular weight excluding hydrogens is 352 g/mol. The van der Waals surface area contributed by atoms with Crippen LogP contribution in [0.3, 0.4) is 0 Å². The quantitative estimate of drug-likeness (QED) is 0.890. The molecule has 2 aromatic carbocycles. The zero-order valence-electron chi connectivity index (χ0n) is 16.6. The minimum atomic E-state index is -0.147. The fourth-order valence-corrected chi connectivity index (χ4v) is 4.61. The summed E-state index contributed by atoms with van der Waals surface area (Å²) in [6.07, 6.45) is 2.17. The van der Waals surface area contributed by atoms with Gasteiger partial charge in [-0.15, -0.1) is 0 Å². The first kappa shape index (κ1) is 18.5. The van der Waals surface area contributed by atoms with Gasteiger partial charge >= 0.3 is 0 Å². The van der Waals surface area contributed by atoms with E-state index < -0.39 is 0 Å². The van der Waals surface area contributed by atoms with Gasteiger partial charge in [0.2, 0.25) is 5.91 Å². The molecule has 1 aliphatic carbocycles. The van der Waals surface area contributed by atoms with E-state index in [0.29, 0.717) is 18.5 Å². The first-order chi connectivity index (χ1) is 13.5. The normalized spacial score (nSPS) is 19.0. The molecule has 0 radical (unpaired) electrons. The lowest BCUT2D eigenvalue weighted by molar-refractivity contribution is -0.129. The Morgan fingerprint density at radius 2 is 1.68 bits per heavy atom. The molecule has 0 unspecified atom stereocenters. The summed E-state index contributed by atoms with van der Waals surface area (Å²) in [4.78, 5) is 27.3. The van der Waals surface area contributed by atoms with Gasteiger partial charge in [0.25, 0.3) is 5.91 Å². The van der Waals surface area contributed by atoms with Gasteiger partial charge in [0.05, 0.1) is 13.2 Å². The molecule has 5 heteroatoms. The van der Waals surface area contributed by atoms with Crippen molar-refractivity contribution in [2.75, 3.05) is 13.7 Å². The second kappa shape index (κ2) is 7.30. The van der Waals surface area contributed by atoms with Crippen LogP contribution >= 0.6 is 0 Å². The van der Waals surface area contributed by atoms with Gasteiger partial charge in [-0.1, -0.05) is 24.3 Å². The second-order valence-electron chi connectivity index (χ2n) is 7.89. The summed E-state index contributed by atoms with van der Waals surface area (Å²) in [5.41, 5.74) is 5.13. The third-order valence-electron chi connectivity index (χ3n) is 5.89. The van der Waals surface area contributed by atoms with Gasteiger partial charge in [0.15, 0.2) is 0 Å². The predicted molar refractivity (Wildman–Crippen MR) is 108 cm³/mol. The van der Waals surface area contributed by atoms with Crippen LogP contribution in [0.25, 0.3) is 0 Å². The van der Waals surface area contributed by atoms with Gasteiger partial charge in [-0.3, -0.25) is 9.59 Å². The molecule has 28 heavy (non-hydrogen) atoms. The maximum atomic E-state index is 12.7. The number of aryl methyl sites for hydroxylation is 2. The van der Waals surface area contributed by atoms with E-state index in [0.717, 1.165) is 29.7 Å². The topological polar surface area (TPSA) is 58.6 Å². The summed E-state index contributed by atoms with van der Waals surface area (Å²) in [6, 6.07) is 12.1. The lowest BCUT2D eigenvalue weighted by Gasteiger charge is -2.24. The Morgan fingerprint density at radius 3 is 2.25 bits per heavy atom. The number of carbonyl (C=O) groups is 2. The highest BCUT2D eigenvalue weighted by atomic mass is 16.5. The van der Waals surface area contributed by atoms with Gasteiger partial charge in [-0.25, -0.2) is 0 Å². The Morgan fingerprint density at radius 1 is 1.07 bits per heavy atom. The molecule has 146 valence electrons. The fraction of sp³-hybridized carbons (Fsp3) is 0.391. The molecular formula is C23H26N2O3. The number of hydrogen-bond donors (Lipinski definition) is 1. The number of amides is 2. The highest BCUT2D eigenvalue weighted by molar-refractivity contribution is 5.95. The van der Waals surface area contributed by atoms with Crippen LogP contribution in [-0.2, 0) is 17.6 Å². The Bertz CT molecular complexity index is 889. The molecule has 1 saturated heterocycles. The van der Waals surface area contributed by atoms with E-state index in [1.54, 1.807) is 7.11 Å². The molecule has 1 heterocycles. The number of hydrogen-bond acceptors (Lipinski definition) is 3. The first-order valence-electron chi connectivity index (χ1n) is 9.78. The molecule has 1 atom stereocenters. The van der Waals surface area contributed by atoms with Gasteiger partial charge in [-0.2, -0.15) is 0 Å². The molecule has 2 aromatic rings. The van der Waals surface area contributed by atoms with E-state index >= 15 is 0 Å². The van der Waals surface area contributed by atoms with Gasteiger partial charge in [0, 0.05) is 24.6 Å². The van der Waals surface area contributed by atoms with Crippen LogP contribution in [0.1, 0.15) is 39.0 Å². The molecule has 1 aliphatic heterocycles. The maximum Gasteiger partial charge on any atom is 0.251 e. The third-order valence-corrected chi connectivity index (χ3v) is 5.89. The number of likely N-dealkylation sites (tertiary alicyclic amines) is 1. The van der Waals surface area contributed by atoms with Gasteiger partial charge < -0.3 is 15.0 Å². The fourth-order valence-electron chi connectivity index (χ4n) is 4.61. The van der Waals surface area contributed by atoms with Crippen molar-refractivity contribution >= 4 is 11.8 Å². The standard InChI is InChI=1S/C23H26N2O3/c1-14-8-18(9-15(2)22(14)28-3)23(27)24-19-12-21(26)25(13-19)20-10-16-6-4-5-7-17(16)11-20/h4-9,19-20H,10-13H2,1-3H3,(H,24,27)/t19-/m1/s1. The van der Waals surface area contributed by atoms with E-state index in [4.69, 9.17) is 4.74 Å². The molecule has 0 spiro atoms. The molecule has 1 N–H and O–H groups in total. The molecule has 2 amide bonds. The summed E-state index contributed by atoms with van der Waals surface area (Å²) in [6.45, 7) is 4.44. The number of methoxy groups -OCH3 is 1. The SMILES string of the molecule is COc1c(C)cc(C(=O)N[C@@H]2CC(=O)N(C3Cc4ccccc4C3)C2)cc1C. The summed E-state index contributed by atoms with van der Waals surface area (Å²) < 4.78 is 5.37. The zero-order valence-corrected chi connectivity index (χ0v) is 16.6. The number of carbonyl (C=O) groups excluding carboxylic acids is 2. The van der Waals surface area contributed by atoms with E-state index in [1.165, 1.54) is 11.1 Å². The van der Waals surface area contributed by atoms with Crippen LogP contribution < -0.4 is 10.1 Å². The number of nitrogens with zero attached hydrogens (tertiary/aromatic N) is 1. The smallest absolute Gasteiger partial charge is 0.251 e. The van der Waals surface area contributed by atoms with Crippen LogP contribution in [0.2, 0.25) is 0 Å². The highest BCUT2D eigenvalue weighted by Gasteiger charge is 2.37. The largest absolute Gasteiger partial charge is 0.496 e. The predicted octanol–water partition coefficient (Wildman–Crippen LogP) is 2.81. The first-order valence-corrected chi connectivity index (χ1v) is 9.78. The number of rotatable bonds is 4. The van der Waals surface area contributed by atoms with Crippen LogP contribution in [0, 0.1) is 13.8 Å². The summed E-state index contributed by atoms with van der Waals surface area (Å²) >= 11 is 0. The molecule has 0 bridgehead atoms. The lowest BCUT2D eigenvalue weighted by Crippen LogP contribution is -2.41.